The monoisotopic (exact) mass is 180 g/mol. The van der Waals surface area contributed by atoms with Gasteiger partial charge in [-0.1, -0.05) is 31.2 Å². The van der Waals surface area contributed by atoms with Gasteiger partial charge in [0.05, 0.1) is 6.61 Å². The van der Waals surface area contributed by atoms with Crippen LogP contribution in [0.5, 0.6) is 0 Å². The number of rotatable bonds is 3. The van der Waals surface area contributed by atoms with Gasteiger partial charge in [-0.3, -0.25) is 0 Å². The number of hydrogen-bond acceptors (Lipinski definition) is 1. The Morgan fingerprint density at radius 1 is 1.46 bits per heavy atom. The SMILES string of the molecule is CC/C(=C/CO)c1ccccc1F. The van der Waals surface area contributed by atoms with Crippen molar-refractivity contribution in [1.29, 1.82) is 0 Å². The minimum absolute atomic E-state index is 0.0441. The second-order valence-electron chi connectivity index (χ2n) is 2.75. The van der Waals surface area contributed by atoms with Gasteiger partial charge >= 0.3 is 0 Å². The highest BCUT2D eigenvalue weighted by atomic mass is 19.1. The van der Waals surface area contributed by atoms with Crippen LogP contribution < -0.4 is 0 Å². The van der Waals surface area contributed by atoms with Crippen molar-refractivity contribution in [3.63, 3.8) is 0 Å². The van der Waals surface area contributed by atoms with E-state index in [0.717, 1.165) is 12.0 Å². The highest BCUT2D eigenvalue weighted by Gasteiger charge is 2.03. The van der Waals surface area contributed by atoms with Gasteiger partial charge in [0, 0.05) is 5.56 Å². The Morgan fingerprint density at radius 3 is 2.69 bits per heavy atom. The molecule has 0 aliphatic carbocycles. The molecular formula is C11H13FO. The summed E-state index contributed by atoms with van der Waals surface area (Å²) in [5.41, 5.74) is 1.43. The number of halogens is 1. The molecule has 0 saturated carbocycles. The Balaban J connectivity index is 3.05. The number of aliphatic hydroxyl groups excluding tert-OH is 1. The zero-order chi connectivity index (χ0) is 9.68. The fourth-order valence-corrected chi connectivity index (χ4v) is 1.28. The average Bonchev–Trinajstić information content (AvgIpc) is 2.16. The molecule has 0 radical (unpaired) electrons. The van der Waals surface area contributed by atoms with Crippen molar-refractivity contribution in [3.8, 4) is 0 Å². The highest BCUT2D eigenvalue weighted by molar-refractivity contribution is 5.65. The van der Waals surface area contributed by atoms with Crippen LogP contribution in [0.25, 0.3) is 5.57 Å². The Kier molecular flexibility index (Phi) is 3.65. The largest absolute Gasteiger partial charge is 0.392 e. The van der Waals surface area contributed by atoms with Gasteiger partial charge in [0.15, 0.2) is 0 Å². The van der Waals surface area contributed by atoms with Gasteiger partial charge in [0.25, 0.3) is 0 Å². The quantitative estimate of drug-likeness (QED) is 0.758. The fourth-order valence-electron chi connectivity index (χ4n) is 1.28. The van der Waals surface area contributed by atoms with Crippen molar-refractivity contribution < 1.29 is 9.50 Å². The molecule has 0 unspecified atom stereocenters. The van der Waals surface area contributed by atoms with E-state index in [0.29, 0.717) is 5.56 Å². The molecule has 0 saturated heterocycles. The predicted octanol–water partition coefficient (Wildman–Crippen LogP) is 2.61. The molecule has 13 heavy (non-hydrogen) atoms. The summed E-state index contributed by atoms with van der Waals surface area (Å²) in [6.07, 6.45) is 2.36. The van der Waals surface area contributed by atoms with Crippen LogP contribution in [0, 0.1) is 5.82 Å². The molecule has 1 aromatic rings. The van der Waals surface area contributed by atoms with E-state index in [4.69, 9.17) is 5.11 Å². The standard InChI is InChI=1S/C11H13FO/c1-2-9(7-8-13)10-5-3-4-6-11(10)12/h3-7,13H,2,8H2,1H3/b9-7-. The maximum atomic E-state index is 13.2. The molecule has 70 valence electrons. The topological polar surface area (TPSA) is 20.2 Å². The Morgan fingerprint density at radius 2 is 2.15 bits per heavy atom. The normalized spacial score (nSPS) is 11.8. The van der Waals surface area contributed by atoms with Gasteiger partial charge in [-0.15, -0.1) is 0 Å². The van der Waals surface area contributed by atoms with Crippen molar-refractivity contribution >= 4 is 5.57 Å². The molecule has 0 amide bonds. The van der Waals surface area contributed by atoms with Crippen molar-refractivity contribution in [2.45, 2.75) is 13.3 Å². The van der Waals surface area contributed by atoms with Crippen LogP contribution in [0.3, 0.4) is 0 Å². The minimum Gasteiger partial charge on any atom is -0.392 e. The summed E-state index contributed by atoms with van der Waals surface area (Å²) in [6.45, 7) is 1.89. The lowest BCUT2D eigenvalue weighted by Crippen LogP contribution is -1.89. The molecule has 1 nitrogen and oxygen atoms in total. The molecule has 0 aliphatic heterocycles. The van der Waals surface area contributed by atoms with Crippen LogP contribution >= 0.6 is 0 Å². The summed E-state index contributed by atoms with van der Waals surface area (Å²) >= 11 is 0. The van der Waals surface area contributed by atoms with E-state index in [-0.39, 0.29) is 12.4 Å². The van der Waals surface area contributed by atoms with Crippen LogP contribution in [0.15, 0.2) is 30.3 Å². The third kappa shape index (κ3) is 2.39. The van der Waals surface area contributed by atoms with Crippen LogP contribution in [0.2, 0.25) is 0 Å². The predicted molar refractivity (Wildman–Crippen MR) is 51.8 cm³/mol. The highest BCUT2D eigenvalue weighted by Crippen LogP contribution is 2.20. The summed E-state index contributed by atoms with van der Waals surface area (Å²) in [6, 6.07) is 6.60. The van der Waals surface area contributed by atoms with Crippen molar-refractivity contribution in [3.05, 3.63) is 41.7 Å². The first-order valence-electron chi connectivity index (χ1n) is 4.34. The molecule has 1 rings (SSSR count). The number of hydrogen-bond donors (Lipinski definition) is 1. The van der Waals surface area contributed by atoms with E-state index in [1.807, 2.05) is 6.92 Å². The lowest BCUT2D eigenvalue weighted by atomic mass is 10.0. The maximum Gasteiger partial charge on any atom is 0.130 e. The van der Waals surface area contributed by atoms with Gasteiger partial charge < -0.3 is 5.11 Å². The van der Waals surface area contributed by atoms with Gasteiger partial charge in [0.1, 0.15) is 5.82 Å². The number of aliphatic hydroxyl groups is 1. The summed E-state index contributed by atoms with van der Waals surface area (Å²) in [4.78, 5) is 0. The zero-order valence-corrected chi connectivity index (χ0v) is 7.63. The smallest absolute Gasteiger partial charge is 0.130 e. The number of benzene rings is 1. The maximum absolute atomic E-state index is 13.2. The lowest BCUT2D eigenvalue weighted by molar-refractivity contribution is 0.343. The Bertz CT molecular complexity index is 305. The van der Waals surface area contributed by atoms with Crippen LogP contribution in [0.4, 0.5) is 4.39 Å². The lowest BCUT2D eigenvalue weighted by Gasteiger charge is -2.05. The summed E-state index contributed by atoms with van der Waals surface area (Å²) < 4.78 is 13.2. The summed E-state index contributed by atoms with van der Waals surface area (Å²) in [5, 5.41) is 8.72. The molecule has 0 bridgehead atoms. The fraction of sp³-hybridized carbons (Fsp3) is 0.273. The van der Waals surface area contributed by atoms with Gasteiger partial charge in [-0.2, -0.15) is 0 Å². The number of allylic oxidation sites excluding steroid dienone is 1. The molecule has 0 atom stereocenters. The third-order valence-corrected chi connectivity index (χ3v) is 1.94. The molecule has 2 heteroatoms. The van der Waals surface area contributed by atoms with E-state index in [1.165, 1.54) is 6.07 Å². The van der Waals surface area contributed by atoms with E-state index >= 15 is 0 Å². The van der Waals surface area contributed by atoms with Gasteiger partial charge in [-0.05, 0) is 18.1 Å². The van der Waals surface area contributed by atoms with E-state index in [2.05, 4.69) is 0 Å². The molecule has 0 spiro atoms. The molecular weight excluding hydrogens is 167 g/mol. The van der Waals surface area contributed by atoms with Crippen molar-refractivity contribution in [2.75, 3.05) is 6.61 Å². The second kappa shape index (κ2) is 4.77. The average molecular weight is 180 g/mol. The van der Waals surface area contributed by atoms with Crippen LogP contribution in [-0.4, -0.2) is 11.7 Å². The summed E-state index contributed by atoms with van der Waals surface area (Å²) in [5.74, 6) is -0.232. The van der Waals surface area contributed by atoms with Crippen molar-refractivity contribution in [2.24, 2.45) is 0 Å². The molecule has 0 heterocycles. The van der Waals surface area contributed by atoms with Crippen LogP contribution in [-0.2, 0) is 0 Å². The third-order valence-electron chi connectivity index (χ3n) is 1.94. The Hall–Kier alpha value is -1.15. The minimum atomic E-state index is -0.232. The summed E-state index contributed by atoms with van der Waals surface area (Å²) in [7, 11) is 0. The molecule has 1 N–H and O–H groups in total. The molecule has 1 aromatic carbocycles. The van der Waals surface area contributed by atoms with Gasteiger partial charge in [0.2, 0.25) is 0 Å². The van der Waals surface area contributed by atoms with Crippen molar-refractivity contribution in [1.82, 2.24) is 0 Å². The van der Waals surface area contributed by atoms with Gasteiger partial charge in [-0.25, -0.2) is 4.39 Å². The van der Waals surface area contributed by atoms with E-state index in [9.17, 15) is 4.39 Å². The van der Waals surface area contributed by atoms with E-state index < -0.39 is 0 Å². The van der Waals surface area contributed by atoms with E-state index in [1.54, 1.807) is 24.3 Å². The molecule has 0 aliphatic rings. The first-order chi connectivity index (χ1) is 6.29. The molecule has 0 aromatic heterocycles. The second-order valence-corrected chi connectivity index (χ2v) is 2.75. The Labute approximate surface area is 77.5 Å². The van der Waals surface area contributed by atoms with Crippen LogP contribution in [0.1, 0.15) is 18.9 Å². The first-order valence-corrected chi connectivity index (χ1v) is 4.34. The molecule has 0 fully saturated rings. The zero-order valence-electron chi connectivity index (χ0n) is 7.63. The first kappa shape index (κ1) is 9.93.